The molecular weight excluding hydrogens is 283 g/mol. The molecule has 4 heteroatoms. The van der Waals surface area contributed by atoms with Crippen LogP contribution in [-0.2, 0) is 4.65 Å². The topological polar surface area (TPSA) is 36.3 Å². The lowest BCUT2D eigenvalue weighted by Crippen LogP contribution is -2.50. The summed E-state index contributed by atoms with van der Waals surface area (Å²) in [7, 11) is -0.139. The van der Waals surface area contributed by atoms with Gasteiger partial charge in [-0.2, -0.15) is 5.26 Å². The van der Waals surface area contributed by atoms with Crippen molar-refractivity contribution in [3.05, 3.63) is 41.4 Å². The van der Waals surface area contributed by atoms with E-state index < -0.39 is 0 Å². The summed E-state index contributed by atoms with van der Waals surface area (Å²) in [4.78, 5) is 2.35. The molecule has 2 rings (SSSR count). The highest BCUT2D eigenvalue weighted by Gasteiger charge is 2.46. The standard InChI is InChI=1S/C19H27BN2O/c1-14(2)22(15(3)4)20-18(12-19(5,6)23-20)17(13-21)16-10-8-7-9-11-16/h7-11,14-15H,12H2,1-6H3/b18-17-. The number of nitrogens with zero attached hydrogens (tertiary/aromatic N) is 2. The van der Waals surface area contributed by atoms with E-state index in [0.29, 0.717) is 12.1 Å². The molecule has 0 radical (unpaired) electrons. The normalized spacial score (nSPS) is 19.6. The zero-order valence-corrected chi connectivity index (χ0v) is 15.1. The molecule has 0 amide bonds. The van der Waals surface area contributed by atoms with E-state index in [-0.39, 0.29) is 12.7 Å². The molecule has 1 aromatic rings. The summed E-state index contributed by atoms with van der Waals surface area (Å²) in [6.45, 7) is 12.9. The van der Waals surface area contributed by atoms with Gasteiger partial charge in [0.05, 0.1) is 17.2 Å². The monoisotopic (exact) mass is 310 g/mol. The van der Waals surface area contributed by atoms with E-state index in [4.69, 9.17) is 4.65 Å². The van der Waals surface area contributed by atoms with Crippen molar-refractivity contribution in [3.8, 4) is 6.07 Å². The van der Waals surface area contributed by atoms with Crippen molar-refractivity contribution >= 4 is 12.6 Å². The quantitative estimate of drug-likeness (QED) is 0.614. The molecule has 1 saturated heterocycles. The third-order valence-electron chi connectivity index (χ3n) is 4.30. The van der Waals surface area contributed by atoms with Crippen molar-refractivity contribution in [1.82, 2.24) is 4.81 Å². The van der Waals surface area contributed by atoms with Gasteiger partial charge in [-0.15, -0.1) is 0 Å². The first-order chi connectivity index (χ1) is 10.8. The summed E-state index contributed by atoms with van der Waals surface area (Å²) in [6, 6.07) is 13.1. The Bertz CT molecular complexity index is 606. The first-order valence-corrected chi connectivity index (χ1v) is 8.40. The Kier molecular flexibility index (Phi) is 5.34. The zero-order chi connectivity index (χ0) is 17.2. The third-order valence-corrected chi connectivity index (χ3v) is 4.30. The van der Waals surface area contributed by atoms with Gasteiger partial charge in [-0.1, -0.05) is 58.0 Å². The predicted molar refractivity (Wildman–Crippen MR) is 96.6 cm³/mol. The molecule has 0 unspecified atom stereocenters. The molecule has 122 valence electrons. The Hall–Kier alpha value is -1.57. The van der Waals surface area contributed by atoms with Crippen LogP contribution in [0.15, 0.2) is 35.8 Å². The fourth-order valence-electron chi connectivity index (χ4n) is 3.48. The van der Waals surface area contributed by atoms with Crippen LogP contribution in [0.1, 0.15) is 53.5 Å². The Balaban J connectivity index is 2.56. The molecule has 0 aromatic heterocycles. The second-order valence-corrected chi connectivity index (χ2v) is 7.42. The number of rotatable bonds is 4. The molecule has 0 saturated carbocycles. The Labute approximate surface area is 141 Å². The second-order valence-electron chi connectivity index (χ2n) is 7.42. The van der Waals surface area contributed by atoms with Crippen LogP contribution in [0.4, 0.5) is 0 Å². The van der Waals surface area contributed by atoms with Gasteiger partial charge in [0.1, 0.15) is 0 Å². The Morgan fingerprint density at radius 3 is 2.22 bits per heavy atom. The van der Waals surface area contributed by atoms with Crippen molar-refractivity contribution < 1.29 is 4.65 Å². The maximum Gasteiger partial charge on any atom is 0.416 e. The highest BCUT2D eigenvalue weighted by molar-refractivity contribution is 6.60. The molecule has 0 N–H and O–H groups in total. The summed E-state index contributed by atoms with van der Waals surface area (Å²) in [5.41, 5.74) is 2.58. The number of allylic oxidation sites excluding steroid dienone is 1. The minimum absolute atomic E-state index is 0.139. The maximum atomic E-state index is 9.80. The molecule has 23 heavy (non-hydrogen) atoms. The van der Waals surface area contributed by atoms with E-state index in [2.05, 4.69) is 52.4 Å². The maximum absolute atomic E-state index is 9.80. The van der Waals surface area contributed by atoms with Crippen molar-refractivity contribution in [2.75, 3.05) is 0 Å². The van der Waals surface area contributed by atoms with E-state index in [1.54, 1.807) is 0 Å². The van der Waals surface area contributed by atoms with Crippen molar-refractivity contribution in [1.29, 1.82) is 5.26 Å². The fourth-order valence-corrected chi connectivity index (χ4v) is 3.48. The van der Waals surface area contributed by atoms with Crippen LogP contribution < -0.4 is 0 Å². The summed E-state index contributed by atoms with van der Waals surface area (Å²) in [6.07, 6.45) is 0.783. The average molecular weight is 310 g/mol. The van der Waals surface area contributed by atoms with Crippen LogP contribution in [-0.4, -0.2) is 29.5 Å². The van der Waals surface area contributed by atoms with Crippen LogP contribution in [0.2, 0.25) is 0 Å². The van der Waals surface area contributed by atoms with Gasteiger partial charge in [0.2, 0.25) is 0 Å². The molecule has 0 spiro atoms. The first kappa shape index (κ1) is 17.8. The first-order valence-electron chi connectivity index (χ1n) is 8.40. The molecule has 1 aromatic carbocycles. The number of hydrogen-bond acceptors (Lipinski definition) is 3. The summed E-state index contributed by atoms with van der Waals surface area (Å²) in [5.74, 6) is 0. The highest BCUT2D eigenvalue weighted by atomic mass is 16.5. The van der Waals surface area contributed by atoms with Gasteiger partial charge < -0.3 is 9.47 Å². The molecule has 1 fully saturated rings. The van der Waals surface area contributed by atoms with Gasteiger partial charge in [0.25, 0.3) is 0 Å². The van der Waals surface area contributed by atoms with Gasteiger partial charge in [-0.05, 0) is 43.4 Å². The van der Waals surface area contributed by atoms with Crippen molar-refractivity contribution in [2.45, 2.75) is 65.6 Å². The van der Waals surface area contributed by atoms with Crippen LogP contribution in [0, 0.1) is 11.3 Å². The summed E-state index contributed by atoms with van der Waals surface area (Å²) < 4.78 is 6.37. The lowest BCUT2D eigenvalue weighted by molar-refractivity contribution is 0.108. The van der Waals surface area contributed by atoms with Gasteiger partial charge in [-0.3, -0.25) is 0 Å². The number of nitriles is 1. The van der Waals surface area contributed by atoms with Crippen LogP contribution in [0.25, 0.3) is 5.57 Å². The molecule has 1 aliphatic heterocycles. The Morgan fingerprint density at radius 1 is 1.17 bits per heavy atom. The van der Waals surface area contributed by atoms with Gasteiger partial charge >= 0.3 is 7.05 Å². The molecule has 3 nitrogen and oxygen atoms in total. The summed E-state index contributed by atoms with van der Waals surface area (Å²) >= 11 is 0. The van der Waals surface area contributed by atoms with E-state index >= 15 is 0 Å². The van der Waals surface area contributed by atoms with Gasteiger partial charge in [-0.25, -0.2) is 0 Å². The van der Waals surface area contributed by atoms with E-state index in [1.165, 1.54) is 0 Å². The second kappa shape index (κ2) is 6.90. The van der Waals surface area contributed by atoms with Crippen molar-refractivity contribution in [3.63, 3.8) is 0 Å². The lowest BCUT2D eigenvalue weighted by atomic mass is 9.66. The van der Waals surface area contributed by atoms with Crippen LogP contribution >= 0.6 is 0 Å². The minimum Gasteiger partial charge on any atom is -0.412 e. The highest BCUT2D eigenvalue weighted by Crippen LogP contribution is 2.38. The average Bonchev–Trinajstić information content (AvgIpc) is 2.75. The lowest BCUT2D eigenvalue weighted by Gasteiger charge is -2.35. The molecule has 1 heterocycles. The van der Waals surface area contributed by atoms with E-state index in [0.717, 1.165) is 23.0 Å². The molecule has 0 aliphatic carbocycles. The van der Waals surface area contributed by atoms with Gasteiger partial charge in [0.15, 0.2) is 0 Å². The molecule has 1 aliphatic rings. The van der Waals surface area contributed by atoms with E-state index in [9.17, 15) is 5.26 Å². The third kappa shape index (κ3) is 3.86. The van der Waals surface area contributed by atoms with Crippen LogP contribution in [0.5, 0.6) is 0 Å². The van der Waals surface area contributed by atoms with Crippen LogP contribution in [0.3, 0.4) is 0 Å². The smallest absolute Gasteiger partial charge is 0.412 e. The predicted octanol–water partition coefficient (Wildman–Crippen LogP) is 4.31. The largest absolute Gasteiger partial charge is 0.416 e. The molecule has 0 bridgehead atoms. The Morgan fingerprint density at radius 2 is 1.74 bits per heavy atom. The molecule has 0 atom stereocenters. The van der Waals surface area contributed by atoms with E-state index in [1.807, 2.05) is 30.3 Å². The number of hydrogen-bond donors (Lipinski definition) is 0. The molecular formula is C19H27BN2O. The zero-order valence-electron chi connectivity index (χ0n) is 15.1. The SMILES string of the molecule is CC(C)N(B1OC(C)(C)C/C1=C(\C#N)c1ccccc1)C(C)C. The number of benzene rings is 1. The van der Waals surface area contributed by atoms with Crippen molar-refractivity contribution in [2.24, 2.45) is 0 Å². The fraction of sp³-hybridized carbons (Fsp3) is 0.526. The van der Waals surface area contributed by atoms with Gasteiger partial charge in [0, 0.05) is 0 Å². The minimum atomic E-state index is -0.251. The summed E-state index contributed by atoms with van der Waals surface area (Å²) in [5, 5.41) is 9.80.